The van der Waals surface area contributed by atoms with Crippen molar-refractivity contribution < 1.29 is 0 Å². The number of rotatable bonds is 5. The van der Waals surface area contributed by atoms with E-state index in [9.17, 15) is 0 Å². The van der Waals surface area contributed by atoms with Gasteiger partial charge in [0.2, 0.25) is 0 Å². The predicted molar refractivity (Wildman–Crippen MR) is 72.1 cm³/mol. The van der Waals surface area contributed by atoms with Crippen LogP contribution >= 0.6 is 0 Å². The molecule has 2 rings (SSSR count). The molecule has 1 atom stereocenters. The maximum Gasteiger partial charge on any atom is 0.146 e. The summed E-state index contributed by atoms with van der Waals surface area (Å²) in [7, 11) is 2.01. The zero-order valence-electron chi connectivity index (χ0n) is 11.8. The van der Waals surface area contributed by atoms with Crippen molar-refractivity contribution in [1.82, 2.24) is 25.0 Å². The second-order valence-electron chi connectivity index (χ2n) is 5.66. The molecule has 1 aromatic rings. The Bertz CT molecular complexity index is 360. The molecule has 0 saturated carbocycles. The Kier molecular flexibility index (Phi) is 4.72. The maximum absolute atomic E-state index is 4.16. The number of aromatic nitrogens is 3. The molecular formula is C13H25N5. The predicted octanol–water partition coefficient (Wildman–Crippen LogP) is 1.03. The normalized spacial score (nSPS) is 21.7. The van der Waals surface area contributed by atoms with Crippen LogP contribution in [0.3, 0.4) is 0 Å². The summed E-state index contributed by atoms with van der Waals surface area (Å²) in [5.41, 5.74) is 0. The highest BCUT2D eigenvalue weighted by Gasteiger charge is 2.21. The number of piperidine rings is 1. The van der Waals surface area contributed by atoms with Crippen molar-refractivity contribution in [2.24, 2.45) is 13.0 Å². The lowest BCUT2D eigenvalue weighted by Crippen LogP contribution is -2.40. The summed E-state index contributed by atoms with van der Waals surface area (Å²) in [5, 5.41) is 11.7. The molecule has 0 bridgehead atoms. The van der Waals surface area contributed by atoms with Gasteiger partial charge in [0, 0.05) is 19.6 Å². The molecule has 5 heteroatoms. The number of nitrogens with one attached hydrogen (secondary N) is 1. The van der Waals surface area contributed by atoms with Crippen LogP contribution in [0.5, 0.6) is 0 Å². The quantitative estimate of drug-likeness (QED) is 0.849. The minimum absolute atomic E-state index is 0.583. The van der Waals surface area contributed by atoms with Gasteiger partial charge >= 0.3 is 0 Å². The summed E-state index contributed by atoms with van der Waals surface area (Å²) < 4.78 is 2.01. The van der Waals surface area contributed by atoms with Crippen LogP contribution in [0.15, 0.2) is 6.33 Å². The first-order valence-electron chi connectivity index (χ1n) is 6.93. The highest BCUT2D eigenvalue weighted by atomic mass is 15.3. The van der Waals surface area contributed by atoms with Crippen molar-refractivity contribution in [1.29, 1.82) is 0 Å². The third-order valence-corrected chi connectivity index (χ3v) is 3.59. The first-order chi connectivity index (χ1) is 8.65. The fraction of sp³-hybridized carbons (Fsp3) is 0.846. The molecule has 1 aromatic heterocycles. The van der Waals surface area contributed by atoms with Crippen molar-refractivity contribution in [3.63, 3.8) is 0 Å². The number of hydrogen-bond donors (Lipinski definition) is 1. The summed E-state index contributed by atoms with van der Waals surface area (Å²) in [4.78, 5) is 2.50. The highest BCUT2D eigenvalue weighted by Crippen LogP contribution is 2.17. The van der Waals surface area contributed by atoms with Crippen molar-refractivity contribution in [2.45, 2.75) is 39.3 Å². The van der Waals surface area contributed by atoms with Crippen LogP contribution in [0.2, 0.25) is 0 Å². The van der Waals surface area contributed by atoms with E-state index in [1.807, 2.05) is 11.6 Å². The molecule has 1 saturated heterocycles. The molecule has 1 unspecified atom stereocenters. The average molecular weight is 251 g/mol. The molecule has 0 spiro atoms. The largest absolute Gasteiger partial charge is 0.320 e. The van der Waals surface area contributed by atoms with Gasteiger partial charge in [-0.3, -0.25) is 4.90 Å². The lowest BCUT2D eigenvalue weighted by atomic mass is 9.98. The Morgan fingerprint density at radius 2 is 2.33 bits per heavy atom. The molecule has 0 aromatic carbocycles. The molecular weight excluding hydrogens is 226 g/mol. The third kappa shape index (κ3) is 3.78. The fourth-order valence-electron chi connectivity index (χ4n) is 2.51. The van der Waals surface area contributed by atoms with E-state index in [1.54, 1.807) is 6.33 Å². The first-order valence-corrected chi connectivity index (χ1v) is 6.93. The standard InChI is InChI=1S/C13H25N5/c1-11(2)14-7-12-5-4-6-18(8-12)9-13-16-15-10-17(13)3/h10-12,14H,4-9H2,1-3H3. The lowest BCUT2D eigenvalue weighted by molar-refractivity contribution is 0.159. The highest BCUT2D eigenvalue weighted by molar-refractivity contribution is 4.86. The Morgan fingerprint density at radius 1 is 1.50 bits per heavy atom. The molecule has 1 N–H and O–H groups in total. The van der Waals surface area contributed by atoms with Crippen LogP contribution in [0.4, 0.5) is 0 Å². The monoisotopic (exact) mass is 251 g/mol. The Balaban J connectivity index is 1.81. The molecule has 0 amide bonds. The molecule has 1 aliphatic rings. The van der Waals surface area contributed by atoms with Gasteiger partial charge in [0.25, 0.3) is 0 Å². The summed E-state index contributed by atoms with van der Waals surface area (Å²) in [5.74, 6) is 1.84. The molecule has 1 fully saturated rings. The topological polar surface area (TPSA) is 46.0 Å². The van der Waals surface area contributed by atoms with Crippen molar-refractivity contribution in [2.75, 3.05) is 19.6 Å². The van der Waals surface area contributed by atoms with Crippen molar-refractivity contribution in [3.05, 3.63) is 12.2 Å². The lowest BCUT2D eigenvalue weighted by Gasteiger charge is -2.32. The smallest absolute Gasteiger partial charge is 0.146 e. The van der Waals surface area contributed by atoms with E-state index in [1.165, 1.54) is 25.9 Å². The molecule has 5 nitrogen and oxygen atoms in total. The number of aryl methyl sites for hydroxylation is 1. The summed E-state index contributed by atoms with van der Waals surface area (Å²) >= 11 is 0. The van der Waals surface area contributed by atoms with Gasteiger partial charge in [-0.25, -0.2) is 0 Å². The second kappa shape index (κ2) is 6.29. The van der Waals surface area contributed by atoms with Gasteiger partial charge < -0.3 is 9.88 Å². The van der Waals surface area contributed by atoms with E-state index < -0.39 is 0 Å². The van der Waals surface area contributed by atoms with Gasteiger partial charge in [0.05, 0.1) is 6.54 Å². The minimum atomic E-state index is 0.583. The van der Waals surface area contributed by atoms with E-state index in [4.69, 9.17) is 0 Å². The zero-order chi connectivity index (χ0) is 13.0. The van der Waals surface area contributed by atoms with Crippen molar-refractivity contribution >= 4 is 0 Å². The Hall–Kier alpha value is -0.940. The minimum Gasteiger partial charge on any atom is -0.320 e. The Labute approximate surface area is 110 Å². The van der Waals surface area contributed by atoms with Gasteiger partial charge in [-0.05, 0) is 31.8 Å². The van der Waals surface area contributed by atoms with Crippen LogP contribution in [-0.4, -0.2) is 45.3 Å². The molecule has 102 valence electrons. The van der Waals surface area contributed by atoms with Gasteiger partial charge in [-0.2, -0.15) is 0 Å². The zero-order valence-corrected chi connectivity index (χ0v) is 11.8. The first kappa shape index (κ1) is 13.5. The third-order valence-electron chi connectivity index (χ3n) is 3.59. The molecule has 0 aliphatic carbocycles. The van der Waals surface area contributed by atoms with Crippen molar-refractivity contribution in [3.8, 4) is 0 Å². The summed E-state index contributed by atoms with van der Waals surface area (Å²) in [6.07, 6.45) is 4.41. The second-order valence-corrected chi connectivity index (χ2v) is 5.66. The molecule has 1 aliphatic heterocycles. The van der Waals surface area contributed by atoms with Crippen LogP contribution in [0, 0.1) is 5.92 Å². The molecule has 18 heavy (non-hydrogen) atoms. The summed E-state index contributed by atoms with van der Waals surface area (Å²) in [6, 6.07) is 0.583. The van der Waals surface area contributed by atoms with Crippen LogP contribution < -0.4 is 5.32 Å². The SMILES string of the molecule is CC(C)NCC1CCCN(Cc2nncn2C)C1. The van der Waals surface area contributed by atoms with Gasteiger partial charge in [0.1, 0.15) is 12.2 Å². The summed E-state index contributed by atoms with van der Waals surface area (Å²) in [6.45, 7) is 8.83. The number of nitrogens with zero attached hydrogens (tertiary/aromatic N) is 4. The van der Waals surface area contributed by atoms with E-state index in [2.05, 4.69) is 34.3 Å². The number of likely N-dealkylation sites (tertiary alicyclic amines) is 1. The van der Waals surface area contributed by atoms with Gasteiger partial charge in [-0.1, -0.05) is 13.8 Å². The van der Waals surface area contributed by atoms with Crippen LogP contribution in [0.25, 0.3) is 0 Å². The molecule has 2 heterocycles. The fourth-order valence-corrected chi connectivity index (χ4v) is 2.51. The number of hydrogen-bond acceptors (Lipinski definition) is 4. The Morgan fingerprint density at radius 3 is 3.00 bits per heavy atom. The maximum atomic E-state index is 4.16. The average Bonchev–Trinajstić information content (AvgIpc) is 2.73. The molecule has 0 radical (unpaired) electrons. The van der Waals surface area contributed by atoms with E-state index in [-0.39, 0.29) is 0 Å². The van der Waals surface area contributed by atoms with E-state index in [0.717, 1.165) is 24.8 Å². The van der Waals surface area contributed by atoms with Gasteiger partial charge in [-0.15, -0.1) is 10.2 Å². The van der Waals surface area contributed by atoms with Gasteiger partial charge in [0.15, 0.2) is 0 Å². The van der Waals surface area contributed by atoms with E-state index >= 15 is 0 Å². The van der Waals surface area contributed by atoms with Crippen LogP contribution in [-0.2, 0) is 13.6 Å². The van der Waals surface area contributed by atoms with Crippen LogP contribution in [0.1, 0.15) is 32.5 Å². The van der Waals surface area contributed by atoms with E-state index in [0.29, 0.717) is 6.04 Å².